The van der Waals surface area contributed by atoms with Crippen molar-refractivity contribution in [1.82, 2.24) is 24.7 Å². The van der Waals surface area contributed by atoms with Crippen LogP contribution in [0.5, 0.6) is 0 Å². The first kappa shape index (κ1) is 11.6. The molecule has 0 saturated heterocycles. The fourth-order valence-corrected chi connectivity index (χ4v) is 2.23. The Labute approximate surface area is 115 Å². The van der Waals surface area contributed by atoms with Gasteiger partial charge in [-0.05, 0) is 22.0 Å². The topological polar surface area (TPSA) is 69.6 Å². The van der Waals surface area contributed by atoms with Crippen LogP contribution in [-0.4, -0.2) is 24.7 Å². The Bertz CT molecular complexity index is 681. The number of imidazole rings is 1. The van der Waals surface area contributed by atoms with Gasteiger partial charge < -0.3 is 9.09 Å². The molecule has 0 aromatic carbocycles. The van der Waals surface area contributed by atoms with Gasteiger partial charge in [-0.15, -0.1) is 11.6 Å². The summed E-state index contributed by atoms with van der Waals surface area (Å²) in [7, 11) is 0. The minimum atomic E-state index is 0.297. The predicted molar refractivity (Wildman–Crippen MR) is 68.2 cm³/mol. The van der Waals surface area contributed by atoms with Crippen LogP contribution in [0, 0.1) is 0 Å². The van der Waals surface area contributed by atoms with Crippen LogP contribution >= 0.6 is 27.5 Å². The minimum absolute atomic E-state index is 0.297. The zero-order chi connectivity index (χ0) is 12.5. The summed E-state index contributed by atoms with van der Waals surface area (Å²) in [5.74, 6) is 1.58. The molecular formula is C10H7BrClN5O. The second-order valence-corrected chi connectivity index (χ2v) is 4.77. The van der Waals surface area contributed by atoms with Gasteiger partial charge in [0.05, 0.1) is 12.4 Å². The summed E-state index contributed by atoms with van der Waals surface area (Å²) in [5.41, 5.74) is 1.53. The summed E-state index contributed by atoms with van der Waals surface area (Å²) >= 11 is 9.26. The smallest absolute Gasteiger partial charge is 0.213 e. The Hall–Kier alpha value is -1.47. The zero-order valence-electron chi connectivity index (χ0n) is 9.05. The average molecular weight is 329 g/mol. The third kappa shape index (κ3) is 1.99. The van der Waals surface area contributed by atoms with E-state index in [1.54, 1.807) is 6.20 Å². The van der Waals surface area contributed by atoms with Gasteiger partial charge in [-0.3, -0.25) is 0 Å². The highest BCUT2D eigenvalue weighted by Crippen LogP contribution is 2.20. The highest BCUT2D eigenvalue weighted by atomic mass is 79.9. The lowest BCUT2D eigenvalue weighted by Crippen LogP contribution is -2.05. The average Bonchev–Trinajstić information content (AvgIpc) is 2.97. The summed E-state index contributed by atoms with van der Waals surface area (Å²) in [5, 5.41) is 3.78. The van der Waals surface area contributed by atoms with Crippen LogP contribution < -0.4 is 0 Å². The number of fused-ring (bicyclic) bond motifs is 1. The molecule has 0 amide bonds. The van der Waals surface area contributed by atoms with Gasteiger partial charge in [-0.2, -0.15) is 4.98 Å². The van der Waals surface area contributed by atoms with E-state index in [9.17, 15) is 0 Å². The van der Waals surface area contributed by atoms with Crippen molar-refractivity contribution in [2.24, 2.45) is 0 Å². The van der Waals surface area contributed by atoms with E-state index in [0.717, 1.165) is 21.5 Å². The van der Waals surface area contributed by atoms with Gasteiger partial charge in [-0.25, -0.2) is 9.97 Å². The Balaban J connectivity index is 2.13. The van der Waals surface area contributed by atoms with E-state index in [0.29, 0.717) is 18.2 Å². The molecule has 3 rings (SSSR count). The van der Waals surface area contributed by atoms with Crippen molar-refractivity contribution in [1.29, 1.82) is 0 Å². The molecule has 0 radical (unpaired) electrons. The van der Waals surface area contributed by atoms with Crippen LogP contribution in [0.2, 0.25) is 0 Å². The fourth-order valence-electron chi connectivity index (χ4n) is 1.70. The Kier molecular flexibility index (Phi) is 3.00. The third-order valence-electron chi connectivity index (χ3n) is 2.46. The number of halogens is 2. The minimum Gasteiger partial charge on any atom is -0.343 e. The number of rotatable bonds is 3. The van der Waals surface area contributed by atoms with Crippen LogP contribution in [-0.2, 0) is 12.4 Å². The lowest BCUT2D eigenvalue weighted by Gasteiger charge is -2.03. The lowest BCUT2D eigenvalue weighted by molar-refractivity contribution is 0.408. The molecule has 0 N–H and O–H groups in total. The number of nitrogens with zero attached hydrogens (tertiary/aromatic N) is 5. The van der Waals surface area contributed by atoms with E-state index in [4.69, 9.17) is 16.1 Å². The van der Waals surface area contributed by atoms with Crippen LogP contribution in [0.3, 0.4) is 0 Å². The maximum atomic E-state index is 5.90. The van der Waals surface area contributed by atoms with Crippen LogP contribution in [0.25, 0.3) is 11.2 Å². The molecule has 18 heavy (non-hydrogen) atoms. The summed E-state index contributed by atoms with van der Waals surface area (Å²) in [4.78, 5) is 12.7. The van der Waals surface area contributed by atoms with Gasteiger partial charge in [0.1, 0.15) is 11.3 Å². The molecule has 0 aliphatic rings. The third-order valence-corrected chi connectivity index (χ3v) is 3.13. The normalized spacial score (nSPS) is 11.2. The summed E-state index contributed by atoms with van der Waals surface area (Å²) in [6.45, 7) is 0.434. The molecule has 6 nitrogen and oxygen atoms in total. The van der Waals surface area contributed by atoms with Crippen molar-refractivity contribution in [3.05, 3.63) is 34.8 Å². The van der Waals surface area contributed by atoms with E-state index in [-0.39, 0.29) is 0 Å². The van der Waals surface area contributed by atoms with Crippen LogP contribution in [0.15, 0.2) is 27.7 Å². The van der Waals surface area contributed by atoms with Crippen molar-refractivity contribution in [3.63, 3.8) is 0 Å². The Morgan fingerprint density at radius 1 is 1.39 bits per heavy atom. The van der Waals surface area contributed by atoms with E-state index < -0.39 is 0 Å². The largest absolute Gasteiger partial charge is 0.343 e. The first-order valence-electron chi connectivity index (χ1n) is 5.10. The van der Waals surface area contributed by atoms with Crippen molar-refractivity contribution >= 4 is 38.7 Å². The lowest BCUT2D eigenvalue weighted by atomic mass is 10.4. The van der Waals surface area contributed by atoms with E-state index >= 15 is 0 Å². The molecule has 0 spiro atoms. The predicted octanol–water partition coefficient (Wildman–Crippen LogP) is 2.36. The van der Waals surface area contributed by atoms with Crippen LogP contribution in [0.1, 0.15) is 11.6 Å². The number of aromatic nitrogens is 5. The molecule has 0 fully saturated rings. The molecule has 0 aliphatic heterocycles. The van der Waals surface area contributed by atoms with E-state index in [2.05, 4.69) is 36.0 Å². The molecule has 3 aromatic rings. The molecule has 0 aliphatic carbocycles. The molecule has 0 atom stereocenters. The molecule has 8 heteroatoms. The highest BCUT2D eigenvalue weighted by Gasteiger charge is 2.13. The summed E-state index contributed by atoms with van der Waals surface area (Å²) in [6.07, 6.45) is 3.01. The monoisotopic (exact) mass is 327 g/mol. The highest BCUT2D eigenvalue weighted by molar-refractivity contribution is 9.10. The summed E-state index contributed by atoms with van der Waals surface area (Å²) < 4.78 is 7.46. The van der Waals surface area contributed by atoms with Gasteiger partial charge in [-0.1, -0.05) is 5.16 Å². The van der Waals surface area contributed by atoms with Gasteiger partial charge in [0.2, 0.25) is 6.39 Å². The first-order chi connectivity index (χ1) is 8.78. The molecule has 0 unspecified atom stereocenters. The second-order valence-electron chi connectivity index (χ2n) is 3.59. The molecule has 0 bridgehead atoms. The summed E-state index contributed by atoms with van der Waals surface area (Å²) in [6, 6.07) is 1.89. The zero-order valence-corrected chi connectivity index (χ0v) is 11.4. The molecule has 0 saturated carbocycles. The molecule has 3 heterocycles. The van der Waals surface area contributed by atoms with Crippen LogP contribution in [0.4, 0.5) is 0 Å². The molecule has 92 valence electrons. The standard InChI is InChI=1S/C10H7BrClN5O/c11-6-1-7-10(13-3-6)17(9(2-12)15-7)4-8-14-5-18-16-8/h1,3,5H,2,4H2. The van der Waals surface area contributed by atoms with Gasteiger partial charge >= 0.3 is 0 Å². The quantitative estimate of drug-likeness (QED) is 0.690. The second kappa shape index (κ2) is 4.66. The maximum Gasteiger partial charge on any atom is 0.213 e. The van der Waals surface area contributed by atoms with Crippen molar-refractivity contribution in [2.45, 2.75) is 12.4 Å². The number of hydrogen-bond donors (Lipinski definition) is 0. The van der Waals surface area contributed by atoms with Gasteiger partial charge in [0.25, 0.3) is 0 Å². The molecular weight excluding hydrogens is 322 g/mol. The van der Waals surface area contributed by atoms with Crippen molar-refractivity contribution < 1.29 is 4.52 Å². The van der Waals surface area contributed by atoms with E-state index in [1.807, 2.05) is 10.6 Å². The SMILES string of the molecule is ClCc1nc2cc(Br)cnc2n1Cc1ncon1. The number of alkyl halides is 1. The van der Waals surface area contributed by atoms with E-state index in [1.165, 1.54) is 6.39 Å². The number of hydrogen-bond acceptors (Lipinski definition) is 5. The van der Waals surface area contributed by atoms with Gasteiger partial charge in [0.15, 0.2) is 11.5 Å². The Morgan fingerprint density at radius 3 is 3.00 bits per heavy atom. The van der Waals surface area contributed by atoms with Crippen molar-refractivity contribution in [2.75, 3.05) is 0 Å². The molecule has 3 aromatic heterocycles. The Morgan fingerprint density at radius 2 is 2.28 bits per heavy atom. The van der Waals surface area contributed by atoms with Gasteiger partial charge in [0, 0.05) is 10.7 Å². The fraction of sp³-hybridized carbons (Fsp3) is 0.200. The van der Waals surface area contributed by atoms with Crippen molar-refractivity contribution in [3.8, 4) is 0 Å². The first-order valence-corrected chi connectivity index (χ1v) is 6.42. The maximum absolute atomic E-state index is 5.90. The number of pyridine rings is 1.